The molecule has 3 saturated carbocycles. The van der Waals surface area contributed by atoms with Crippen molar-refractivity contribution in [2.24, 2.45) is 52.8 Å². The Morgan fingerprint density at radius 3 is 1.70 bits per heavy atom. The smallest absolute Gasteiger partial charge is 0.407 e. The molecule has 2 aromatic rings. The Morgan fingerprint density at radius 1 is 0.596 bits per heavy atom. The highest BCUT2D eigenvalue weighted by molar-refractivity contribution is 5.87. The van der Waals surface area contributed by atoms with Crippen LogP contribution in [0.4, 0.5) is 9.59 Å². The molecule has 5 aliphatic rings. The van der Waals surface area contributed by atoms with E-state index in [2.05, 4.69) is 86.3 Å². The number of alkyl carbamates (subject to hydrolysis) is 2. The number of ether oxygens (including phenoxy) is 4. The number of carbonyl (C=O) groups is 5. The highest BCUT2D eigenvalue weighted by Gasteiger charge is 2.57. The Hall–Kier alpha value is -4.95. The molecule has 0 aromatic heterocycles. The van der Waals surface area contributed by atoms with Crippen LogP contribution >= 0.6 is 0 Å². The fraction of sp³-hybridized carbons (Fsp3) is 0.762. The van der Waals surface area contributed by atoms with Crippen LogP contribution in [0, 0.1) is 52.8 Å². The molecule has 1 unspecified atom stereocenters. The van der Waals surface area contributed by atoms with Gasteiger partial charge >= 0.3 is 12.2 Å². The lowest BCUT2D eigenvalue weighted by Gasteiger charge is -2.55. The molecule has 528 valence electrons. The van der Waals surface area contributed by atoms with Crippen LogP contribution in [0.5, 0.6) is 0 Å². The van der Waals surface area contributed by atoms with Crippen LogP contribution in [-0.4, -0.2) is 97.2 Å². The number of unbranched alkanes of at least 4 members (excludes halogenated alkanes) is 12. The van der Waals surface area contributed by atoms with Crippen molar-refractivity contribution in [1.29, 1.82) is 0 Å². The number of nitrogens with one attached hydrogen (secondary N) is 5. The minimum atomic E-state index is -1.13. The van der Waals surface area contributed by atoms with Gasteiger partial charge in [0.05, 0.1) is 22.4 Å². The zero-order valence-corrected chi connectivity index (χ0v) is 61.1. The molecule has 0 radical (unpaired) electrons. The van der Waals surface area contributed by atoms with Gasteiger partial charge in [0.1, 0.15) is 18.8 Å². The molecule has 0 spiro atoms. The van der Waals surface area contributed by atoms with E-state index in [0.717, 1.165) is 96.3 Å². The summed E-state index contributed by atoms with van der Waals surface area (Å²) in [5.74, 6) is 4.72. The van der Waals surface area contributed by atoms with E-state index in [1.807, 2.05) is 91.8 Å². The van der Waals surface area contributed by atoms with Crippen molar-refractivity contribution in [3.05, 3.63) is 71.3 Å². The zero-order chi connectivity index (χ0) is 68.3. The predicted molar refractivity (Wildman–Crippen MR) is 380 cm³/mol. The first kappa shape index (κ1) is 76.4. The zero-order valence-electron chi connectivity index (χ0n) is 61.1. The van der Waals surface area contributed by atoms with Gasteiger partial charge in [0, 0.05) is 51.4 Å². The summed E-state index contributed by atoms with van der Waals surface area (Å²) >= 11 is 0. The molecule has 10 atom stereocenters. The minimum absolute atomic E-state index is 0.0132. The summed E-state index contributed by atoms with van der Waals surface area (Å²) in [4.78, 5) is 68.1. The number of hydrogen-bond acceptors (Lipinski definition) is 9. The van der Waals surface area contributed by atoms with Gasteiger partial charge in [0.2, 0.25) is 17.7 Å². The van der Waals surface area contributed by atoms with Crippen molar-refractivity contribution in [3.8, 4) is 11.1 Å². The Kier molecular flexibility index (Phi) is 28.9. The number of hydrogen-bond donors (Lipinski definition) is 5. The first-order valence-corrected chi connectivity index (χ1v) is 37.6. The molecule has 0 saturated heterocycles. The normalized spacial score (nSPS) is 23.4. The Morgan fingerprint density at radius 2 is 1.13 bits per heavy atom. The van der Waals surface area contributed by atoms with E-state index >= 15 is 0 Å². The third-order valence-corrected chi connectivity index (χ3v) is 22.2. The predicted octanol–water partition coefficient (Wildman–Crippen LogP) is 17.6. The van der Waals surface area contributed by atoms with Gasteiger partial charge in [-0.05, 0) is 182 Å². The van der Waals surface area contributed by atoms with Gasteiger partial charge in [0.25, 0.3) is 0 Å². The van der Waals surface area contributed by atoms with Crippen LogP contribution in [0.15, 0.2) is 60.2 Å². The molecule has 7 rings (SSSR count). The summed E-state index contributed by atoms with van der Waals surface area (Å²) in [6.45, 7) is 30.5. The summed E-state index contributed by atoms with van der Waals surface area (Å²) < 4.78 is 25.2. The largest absolute Gasteiger partial charge is 0.449 e. The summed E-state index contributed by atoms with van der Waals surface area (Å²) in [6, 6.07) is 15.1. The average molecular weight is 1300 g/mol. The quantitative estimate of drug-likeness (QED) is 0.0321. The van der Waals surface area contributed by atoms with Crippen LogP contribution in [0.2, 0.25) is 0 Å². The van der Waals surface area contributed by atoms with Crippen LogP contribution in [0.1, 0.15) is 281 Å². The first-order chi connectivity index (χ1) is 44.6. The first-order valence-electron chi connectivity index (χ1n) is 37.6. The molecule has 0 aliphatic heterocycles. The molecule has 5 N–H and O–H groups in total. The summed E-state index contributed by atoms with van der Waals surface area (Å²) in [7, 11) is 0. The molecule has 5 aliphatic carbocycles. The van der Waals surface area contributed by atoms with E-state index < -0.39 is 46.5 Å². The van der Waals surface area contributed by atoms with Gasteiger partial charge in [-0.3, -0.25) is 14.4 Å². The van der Waals surface area contributed by atoms with Crippen LogP contribution in [0.3, 0.4) is 0 Å². The van der Waals surface area contributed by atoms with E-state index in [1.54, 1.807) is 0 Å². The van der Waals surface area contributed by atoms with Crippen molar-refractivity contribution < 1.29 is 42.9 Å². The molecule has 0 bridgehead atoms. The van der Waals surface area contributed by atoms with E-state index in [0.29, 0.717) is 30.2 Å². The van der Waals surface area contributed by atoms with Gasteiger partial charge in [-0.15, -0.1) is 0 Å². The summed E-state index contributed by atoms with van der Waals surface area (Å²) in [5, 5.41) is 14.8. The fourth-order valence-electron chi connectivity index (χ4n) is 17.8. The summed E-state index contributed by atoms with van der Waals surface area (Å²) in [5.41, 5.74) is 2.97. The Balaban J connectivity index is 0.856. The molecule has 0 heterocycles. The van der Waals surface area contributed by atoms with E-state index in [-0.39, 0.29) is 62.9 Å². The number of benzene rings is 2. The number of allylic oxidation sites excluding steroid dienone is 1. The van der Waals surface area contributed by atoms with Gasteiger partial charge in [-0.2, -0.15) is 0 Å². The minimum Gasteiger partial charge on any atom is -0.449 e. The fourth-order valence-corrected chi connectivity index (χ4v) is 17.8. The maximum absolute atomic E-state index is 14.3. The van der Waals surface area contributed by atoms with E-state index in [1.165, 1.54) is 115 Å². The molecule has 14 nitrogen and oxygen atoms in total. The van der Waals surface area contributed by atoms with E-state index in [9.17, 15) is 24.0 Å². The third kappa shape index (κ3) is 22.8. The molecule has 14 heteroatoms. The van der Waals surface area contributed by atoms with Crippen LogP contribution < -0.4 is 26.6 Å². The second kappa shape index (κ2) is 35.5. The van der Waals surface area contributed by atoms with Gasteiger partial charge in [-0.1, -0.05) is 198 Å². The lowest BCUT2D eigenvalue weighted by Crippen LogP contribution is -2.53. The second-order valence-electron chi connectivity index (χ2n) is 32.9. The lowest BCUT2D eigenvalue weighted by atomic mass is 9.50. The number of fused-ring (bicyclic) bond motifs is 8. The van der Waals surface area contributed by atoms with Crippen molar-refractivity contribution in [2.45, 2.75) is 304 Å². The highest BCUT2D eigenvalue weighted by atomic mass is 16.6. The second-order valence-corrected chi connectivity index (χ2v) is 32.9. The van der Waals surface area contributed by atoms with Crippen molar-refractivity contribution >= 4 is 29.9 Å². The standard InChI is InChI=1S/C80H129N5O9/c1-15-16-17-18-19-20-21-22-23-24-25-26-27-39-70(86)81-51-76(6,7)93-77(8,9)52-82-71(87)45-44-69(85-75(90)91-50-66-62-37-30-28-35-60(62)61-36-29-31-38-63(61)66)73(88)83-53-78(10,11)94-79(12,13)54-84-74(89)92-59-48-57(5)72-58(49-59)40-41-64-65(72)46-47-80(14)67(42-43-68(64)80)56(4)34-32-33-55(2)3/h28-31,35-38,40,55-57,59,64-69,72H,15-27,32-34,39,41-54H2,1-14H3,(H,81,86)(H,82,87)(H,83,88)(H,84,89)(H,85,90)/t56-,57-,59+,64-,65+,67-,68+,69+,72?,80-/m1/s1. The molecule has 5 amide bonds. The highest BCUT2D eigenvalue weighted by Crippen LogP contribution is 2.65. The lowest BCUT2D eigenvalue weighted by molar-refractivity contribution is -0.136. The van der Waals surface area contributed by atoms with Crippen molar-refractivity contribution in [1.82, 2.24) is 26.6 Å². The summed E-state index contributed by atoms with van der Waals surface area (Å²) in [6.07, 6.45) is 30.2. The molecule has 3 fully saturated rings. The topological polar surface area (TPSA) is 182 Å². The molecule has 94 heavy (non-hydrogen) atoms. The Labute approximate surface area is 569 Å². The average Bonchev–Trinajstić information content (AvgIpc) is 1.43. The van der Waals surface area contributed by atoms with Gasteiger partial charge < -0.3 is 45.5 Å². The van der Waals surface area contributed by atoms with E-state index in [4.69, 9.17) is 18.9 Å². The Bertz CT molecular complexity index is 2730. The van der Waals surface area contributed by atoms with Gasteiger partial charge in [-0.25, -0.2) is 9.59 Å². The van der Waals surface area contributed by atoms with Crippen LogP contribution in [0.25, 0.3) is 11.1 Å². The monoisotopic (exact) mass is 1300 g/mol. The number of rotatable bonds is 39. The number of carbonyl (C=O) groups excluding carboxylic acids is 5. The SMILES string of the molecule is CCCCCCCCCCCCCCCC(=O)NCC(C)(C)OC(C)(C)CNC(=O)CC[C@H](NC(=O)OCC1c2ccccc2-c2ccccc21)C(=O)NCC(C)(C)OC(C)(C)CNC(=O)O[C@@H]1CC2=CC[C@@H]3[C@H](CC[C@]4(C)[C@@H]([C@H](C)CCCC(C)C)CC[C@@H]34)C2[C@H](C)C1. The maximum atomic E-state index is 14.3. The maximum Gasteiger partial charge on any atom is 0.407 e. The molecular formula is C80H129N5O9. The number of amides is 5. The molecule has 2 aromatic carbocycles. The van der Waals surface area contributed by atoms with Gasteiger partial charge in [0.15, 0.2) is 0 Å². The van der Waals surface area contributed by atoms with Crippen molar-refractivity contribution in [2.75, 3.05) is 32.8 Å². The molecular weight excluding hydrogens is 1170 g/mol. The third-order valence-electron chi connectivity index (χ3n) is 22.2. The van der Waals surface area contributed by atoms with Crippen molar-refractivity contribution in [3.63, 3.8) is 0 Å². The van der Waals surface area contributed by atoms with Crippen LogP contribution in [-0.2, 0) is 33.3 Å².